The van der Waals surface area contributed by atoms with E-state index in [0.717, 1.165) is 12.8 Å². The van der Waals surface area contributed by atoms with Gasteiger partial charge >= 0.3 is 5.97 Å². The van der Waals surface area contributed by atoms with Gasteiger partial charge in [0.2, 0.25) is 0 Å². The molecular weight excluding hydrogens is 196 g/mol. The highest BCUT2D eigenvalue weighted by molar-refractivity contribution is 5.72. The molecule has 1 saturated heterocycles. The molecule has 0 aromatic heterocycles. The first-order valence-electron chi connectivity index (χ1n) is 5.46. The fraction of sp³-hybridized carbons (Fsp3) is 0.909. The second-order valence-electron chi connectivity index (χ2n) is 4.27. The van der Waals surface area contributed by atoms with Gasteiger partial charge in [0.15, 0.2) is 0 Å². The van der Waals surface area contributed by atoms with Crippen molar-refractivity contribution >= 4 is 5.97 Å². The molecule has 1 rings (SSSR count). The van der Waals surface area contributed by atoms with Crippen molar-refractivity contribution in [1.82, 2.24) is 0 Å². The lowest BCUT2D eigenvalue weighted by Gasteiger charge is -2.18. The summed E-state index contributed by atoms with van der Waals surface area (Å²) in [6.07, 6.45) is 2.11. The van der Waals surface area contributed by atoms with E-state index in [4.69, 9.17) is 4.74 Å². The van der Waals surface area contributed by atoms with Crippen LogP contribution in [0, 0.1) is 5.92 Å². The Kier molecular flexibility index (Phi) is 4.54. The monoisotopic (exact) mass is 216 g/mol. The Labute approximate surface area is 90.6 Å². The number of aliphatic hydroxyl groups excluding tert-OH is 1. The lowest BCUT2D eigenvalue weighted by molar-refractivity contribution is -0.150. The number of hydrogen-bond donors (Lipinski definition) is 1. The third-order valence-corrected chi connectivity index (χ3v) is 2.88. The number of esters is 1. The second kappa shape index (κ2) is 5.47. The fourth-order valence-electron chi connectivity index (χ4n) is 1.99. The van der Waals surface area contributed by atoms with Crippen molar-refractivity contribution in [1.29, 1.82) is 0 Å². The van der Waals surface area contributed by atoms with Gasteiger partial charge in [-0.2, -0.15) is 0 Å². The van der Waals surface area contributed by atoms with E-state index < -0.39 is 0 Å². The van der Waals surface area contributed by atoms with Gasteiger partial charge in [-0.15, -0.1) is 0 Å². The molecule has 4 nitrogen and oxygen atoms in total. The molecule has 15 heavy (non-hydrogen) atoms. The second-order valence-corrected chi connectivity index (χ2v) is 4.27. The van der Waals surface area contributed by atoms with Gasteiger partial charge in [0.1, 0.15) is 0 Å². The lowest BCUT2D eigenvalue weighted by Crippen LogP contribution is -2.27. The summed E-state index contributed by atoms with van der Waals surface area (Å²) in [6.45, 7) is 3.57. The predicted molar refractivity (Wildman–Crippen MR) is 55.4 cm³/mol. The summed E-state index contributed by atoms with van der Waals surface area (Å²) in [6, 6.07) is 0. The van der Waals surface area contributed by atoms with Gasteiger partial charge in [-0.25, -0.2) is 0 Å². The van der Waals surface area contributed by atoms with Crippen LogP contribution >= 0.6 is 0 Å². The SMILES string of the molecule is COC(=O)C(C)[C@@H]1CC[C@H](C[C@@H](C)O)O1. The summed E-state index contributed by atoms with van der Waals surface area (Å²) in [5, 5.41) is 9.22. The highest BCUT2D eigenvalue weighted by Crippen LogP contribution is 2.28. The Morgan fingerprint density at radius 3 is 2.73 bits per heavy atom. The van der Waals surface area contributed by atoms with Gasteiger partial charge in [-0.05, 0) is 33.1 Å². The van der Waals surface area contributed by atoms with Crippen LogP contribution in [0.15, 0.2) is 0 Å². The van der Waals surface area contributed by atoms with E-state index in [1.54, 1.807) is 6.92 Å². The Morgan fingerprint density at radius 1 is 1.53 bits per heavy atom. The van der Waals surface area contributed by atoms with Crippen LogP contribution in [0.25, 0.3) is 0 Å². The molecule has 4 heteroatoms. The molecule has 1 aliphatic rings. The zero-order valence-corrected chi connectivity index (χ0v) is 9.60. The van der Waals surface area contributed by atoms with Gasteiger partial charge < -0.3 is 14.6 Å². The standard InChI is InChI=1S/C11H20O4/c1-7(12)6-9-4-5-10(15-9)8(2)11(13)14-3/h7-10,12H,4-6H2,1-3H3/t7-,8?,9-,10+/m1/s1. The normalized spacial score (nSPS) is 29.9. The minimum atomic E-state index is -0.345. The van der Waals surface area contributed by atoms with Crippen molar-refractivity contribution in [3.05, 3.63) is 0 Å². The van der Waals surface area contributed by atoms with E-state index in [1.807, 2.05) is 6.92 Å². The van der Waals surface area contributed by atoms with Crippen LogP contribution in [0.2, 0.25) is 0 Å². The number of carbonyl (C=O) groups is 1. The number of hydrogen-bond acceptors (Lipinski definition) is 4. The number of methoxy groups -OCH3 is 1. The molecule has 0 aliphatic carbocycles. The Morgan fingerprint density at radius 2 is 2.20 bits per heavy atom. The molecule has 0 bridgehead atoms. The van der Waals surface area contributed by atoms with E-state index in [-0.39, 0.29) is 30.2 Å². The largest absolute Gasteiger partial charge is 0.469 e. The molecule has 1 heterocycles. The van der Waals surface area contributed by atoms with Crippen molar-refractivity contribution in [3.8, 4) is 0 Å². The summed E-state index contributed by atoms with van der Waals surface area (Å²) in [4.78, 5) is 11.3. The van der Waals surface area contributed by atoms with Gasteiger partial charge in [-0.3, -0.25) is 4.79 Å². The minimum Gasteiger partial charge on any atom is -0.469 e. The highest BCUT2D eigenvalue weighted by atomic mass is 16.5. The van der Waals surface area contributed by atoms with Crippen LogP contribution in [-0.2, 0) is 14.3 Å². The van der Waals surface area contributed by atoms with Gasteiger partial charge in [0.25, 0.3) is 0 Å². The van der Waals surface area contributed by atoms with Crippen LogP contribution in [0.5, 0.6) is 0 Å². The van der Waals surface area contributed by atoms with E-state index >= 15 is 0 Å². The van der Waals surface area contributed by atoms with Crippen molar-refractivity contribution in [2.75, 3.05) is 7.11 Å². The molecule has 0 aromatic rings. The zero-order valence-electron chi connectivity index (χ0n) is 9.60. The first kappa shape index (κ1) is 12.5. The Balaban J connectivity index is 2.38. The van der Waals surface area contributed by atoms with Crippen molar-refractivity contribution in [3.63, 3.8) is 0 Å². The molecule has 0 aromatic carbocycles. The molecule has 88 valence electrons. The molecular formula is C11H20O4. The lowest BCUT2D eigenvalue weighted by atomic mass is 10.0. The van der Waals surface area contributed by atoms with Crippen molar-refractivity contribution in [2.24, 2.45) is 5.92 Å². The third-order valence-electron chi connectivity index (χ3n) is 2.88. The maximum atomic E-state index is 11.3. The van der Waals surface area contributed by atoms with Crippen molar-refractivity contribution in [2.45, 2.75) is 51.4 Å². The molecule has 4 atom stereocenters. The van der Waals surface area contributed by atoms with Crippen LogP contribution in [-0.4, -0.2) is 36.5 Å². The molecule has 1 unspecified atom stereocenters. The predicted octanol–water partition coefficient (Wildman–Crippen LogP) is 1.11. The summed E-state index contributed by atoms with van der Waals surface area (Å²) >= 11 is 0. The summed E-state index contributed by atoms with van der Waals surface area (Å²) in [5.41, 5.74) is 0. The van der Waals surface area contributed by atoms with E-state index in [0.29, 0.717) is 6.42 Å². The van der Waals surface area contributed by atoms with Gasteiger partial charge in [-0.1, -0.05) is 0 Å². The summed E-state index contributed by atoms with van der Waals surface area (Å²) in [5.74, 6) is -0.438. The molecule has 1 fully saturated rings. The third kappa shape index (κ3) is 3.47. The van der Waals surface area contributed by atoms with Gasteiger partial charge in [0, 0.05) is 0 Å². The number of aliphatic hydroxyl groups is 1. The smallest absolute Gasteiger partial charge is 0.311 e. The number of rotatable bonds is 4. The molecule has 0 spiro atoms. The van der Waals surface area contributed by atoms with Crippen LogP contribution in [0.3, 0.4) is 0 Å². The minimum absolute atomic E-state index is 0.0544. The Bertz CT molecular complexity index is 215. The first-order valence-corrected chi connectivity index (χ1v) is 5.46. The fourth-order valence-corrected chi connectivity index (χ4v) is 1.99. The maximum absolute atomic E-state index is 11.3. The first-order chi connectivity index (χ1) is 7.04. The molecule has 1 aliphatic heterocycles. The van der Waals surface area contributed by atoms with E-state index in [2.05, 4.69) is 4.74 Å². The van der Waals surface area contributed by atoms with Crippen LogP contribution in [0.1, 0.15) is 33.1 Å². The number of carbonyl (C=O) groups excluding carboxylic acids is 1. The highest BCUT2D eigenvalue weighted by Gasteiger charge is 2.33. The Hall–Kier alpha value is -0.610. The van der Waals surface area contributed by atoms with Crippen LogP contribution in [0.4, 0.5) is 0 Å². The summed E-state index contributed by atoms with van der Waals surface area (Å²) < 4.78 is 10.4. The average molecular weight is 216 g/mol. The van der Waals surface area contributed by atoms with Crippen LogP contribution < -0.4 is 0 Å². The maximum Gasteiger partial charge on any atom is 0.311 e. The molecule has 1 N–H and O–H groups in total. The van der Waals surface area contributed by atoms with Crippen molar-refractivity contribution < 1.29 is 19.4 Å². The molecule has 0 saturated carbocycles. The topological polar surface area (TPSA) is 55.8 Å². The molecule has 0 radical (unpaired) electrons. The average Bonchev–Trinajstić information content (AvgIpc) is 2.63. The zero-order chi connectivity index (χ0) is 11.4. The van der Waals surface area contributed by atoms with E-state index in [9.17, 15) is 9.90 Å². The van der Waals surface area contributed by atoms with Gasteiger partial charge in [0.05, 0.1) is 31.3 Å². The number of ether oxygens (including phenoxy) is 2. The summed E-state index contributed by atoms with van der Waals surface area (Å²) in [7, 11) is 1.39. The quantitative estimate of drug-likeness (QED) is 0.715. The van der Waals surface area contributed by atoms with E-state index in [1.165, 1.54) is 7.11 Å². The molecule has 0 amide bonds.